The number of carbonyl (C=O) groups is 2. The number of halogens is 2. The summed E-state index contributed by atoms with van der Waals surface area (Å²) in [5.41, 5.74) is 1.52. The number of hydrogen-bond acceptors (Lipinski definition) is 3. The molecule has 2 aromatic rings. The molecular weight excluding hydrogens is 345 g/mol. The summed E-state index contributed by atoms with van der Waals surface area (Å²) in [4.78, 5) is 26.6. The predicted molar refractivity (Wildman–Crippen MR) is 93.4 cm³/mol. The minimum absolute atomic E-state index is 0.0388. The van der Waals surface area contributed by atoms with E-state index >= 15 is 0 Å². The van der Waals surface area contributed by atoms with Crippen LogP contribution < -0.4 is 4.90 Å². The first-order valence-corrected chi connectivity index (χ1v) is 8.34. The topological polar surface area (TPSA) is 46.6 Å². The van der Waals surface area contributed by atoms with E-state index in [0.717, 1.165) is 23.7 Å². The van der Waals surface area contributed by atoms with Gasteiger partial charge in [-0.1, -0.05) is 35.9 Å². The maximum Gasteiger partial charge on any atom is 0.343 e. The molecule has 0 aromatic heterocycles. The van der Waals surface area contributed by atoms with E-state index in [1.165, 1.54) is 19.1 Å². The summed E-state index contributed by atoms with van der Waals surface area (Å²) < 4.78 is 19.0. The average Bonchev–Trinajstić information content (AvgIpc) is 2.89. The van der Waals surface area contributed by atoms with Crippen LogP contribution in [0, 0.1) is 5.82 Å². The van der Waals surface area contributed by atoms with Gasteiger partial charge in [-0.2, -0.15) is 0 Å². The second-order valence-electron chi connectivity index (χ2n) is 6.03. The molecule has 1 heterocycles. The van der Waals surface area contributed by atoms with Gasteiger partial charge in [0.2, 0.25) is 0 Å². The number of rotatable bonds is 3. The van der Waals surface area contributed by atoms with Crippen molar-refractivity contribution >= 4 is 29.2 Å². The van der Waals surface area contributed by atoms with Gasteiger partial charge < -0.3 is 9.64 Å². The fourth-order valence-electron chi connectivity index (χ4n) is 3.06. The quantitative estimate of drug-likeness (QED) is 0.776. The predicted octanol–water partition coefficient (Wildman–Crippen LogP) is 4.00. The van der Waals surface area contributed by atoms with E-state index in [1.54, 1.807) is 4.90 Å². The highest BCUT2D eigenvalue weighted by Gasteiger charge is 2.35. The van der Waals surface area contributed by atoms with Crippen LogP contribution in [0.3, 0.4) is 0 Å². The molecule has 6 heteroatoms. The van der Waals surface area contributed by atoms with Gasteiger partial charge in [0.25, 0.3) is 5.91 Å². The van der Waals surface area contributed by atoms with Gasteiger partial charge in [-0.3, -0.25) is 4.79 Å². The highest BCUT2D eigenvalue weighted by atomic mass is 35.5. The third-order valence-corrected chi connectivity index (χ3v) is 4.56. The van der Waals surface area contributed by atoms with Crippen LogP contribution in [0.4, 0.5) is 10.1 Å². The second-order valence-corrected chi connectivity index (χ2v) is 6.44. The molecule has 1 amide bonds. The largest absolute Gasteiger partial charge is 0.449 e. The van der Waals surface area contributed by atoms with Gasteiger partial charge in [-0.05, 0) is 44.0 Å². The zero-order valence-corrected chi connectivity index (χ0v) is 14.6. The number of fused-ring (bicyclic) bond motifs is 1. The summed E-state index contributed by atoms with van der Waals surface area (Å²) in [5, 5.41) is -0.0514. The van der Waals surface area contributed by atoms with E-state index < -0.39 is 17.9 Å². The fourth-order valence-corrected chi connectivity index (χ4v) is 3.30. The van der Waals surface area contributed by atoms with Crippen LogP contribution >= 0.6 is 11.6 Å². The Hall–Kier alpha value is -2.40. The molecular formula is C19H17ClFNO3. The summed E-state index contributed by atoms with van der Waals surface area (Å²) in [6.07, 6.45) is -0.321. The number of carbonyl (C=O) groups excluding carboxylic acids is 2. The number of nitrogens with zero attached hydrogens (tertiary/aromatic N) is 1. The van der Waals surface area contributed by atoms with Crippen molar-refractivity contribution in [2.45, 2.75) is 32.4 Å². The van der Waals surface area contributed by atoms with Crippen LogP contribution in [-0.2, 0) is 16.0 Å². The Kier molecular flexibility index (Phi) is 4.77. The van der Waals surface area contributed by atoms with Gasteiger partial charge in [0, 0.05) is 11.7 Å². The van der Waals surface area contributed by atoms with Crippen LogP contribution in [0.1, 0.15) is 29.8 Å². The molecule has 25 heavy (non-hydrogen) atoms. The van der Waals surface area contributed by atoms with Gasteiger partial charge in [0.05, 0.1) is 5.02 Å². The lowest BCUT2D eigenvalue weighted by Gasteiger charge is -2.26. The fraction of sp³-hybridized carbons (Fsp3) is 0.263. The van der Waals surface area contributed by atoms with Gasteiger partial charge in [-0.15, -0.1) is 0 Å². The Balaban J connectivity index is 1.79. The number of benzene rings is 2. The number of anilines is 1. The van der Waals surface area contributed by atoms with Crippen LogP contribution in [-0.4, -0.2) is 24.0 Å². The van der Waals surface area contributed by atoms with E-state index in [1.807, 2.05) is 31.2 Å². The zero-order valence-electron chi connectivity index (χ0n) is 13.8. The molecule has 130 valence electrons. The molecule has 0 radical (unpaired) electrons. The maximum atomic E-state index is 13.8. The number of ether oxygens (including phenoxy) is 1. The zero-order chi connectivity index (χ0) is 18.1. The Morgan fingerprint density at radius 1 is 1.24 bits per heavy atom. The third kappa shape index (κ3) is 3.24. The Bertz CT molecular complexity index is 819. The molecule has 2 atom stereocenters. The smallest absolute Gasteiger partial charge is 0.343 e. The van der Waals surface area contributed by atoms with E-state index in [-0.39, 0.29) is 22.5 Å². The normalized spacial score (nSPS) is 17.1. The highest BCUT2D eigenvalue weighted by molar-refractivity contribution is 6.33. The standard InChI is InChI=1S/C19H17ClFNO3/c1-11-10-13-6-3-4-9-16(13)22(11)18(23)12(2)25-19(24)17-14(20)7-5-8-15(17)21/h3-9,11-12H,10H2,1-2H3/t11-,12-/m0/s1. The lowest BCUT2D eigenvalue weighted by Crippen LogP contribution is -2.43. The third-order valence-electron chi connectivity index (χ3n) is 4.24. The number of para-hydroxylation sites is 1. The van der Waals surface area contributed by atoms with Crippen LogP contribution in [0.2, 0.25) is 5.02 Å². The molecule has 0 saturated heterocycles. The molecule has 0 fully saturated rings. The molecule has 4 nitrogen and oxygen atoms in total. The number of esters is 1. The van der Waals surface area contributed by atoms with E-state index in [2.05, 4.69) is 0 Å². The SMILES string of the molecule is C[C@H](OC(=O)c1c(F)cccc1Cl)C(=O)N1c2ccccc2C[C@@H]1C. The first-order chi connectivity index (χ1) is 11.9. The molecule has 0 spiro atoms. The first-order valence-electron chi connectivity index (χ1n) is 7.96. The lowest BCUT2D eigenvalue weighted by atomic mass is 10.1. The van der Waals surface area contributed by atoms with E-state index in [9.17, 15) is 14.0 Å². The van der Waals surface area contributed by atoms with Crippen LogP contribution in [0.5, 0.6) is 0 Å². The first kappa shape index (κ1) is 17.4. The van der Waals surface area contributed by atoms with Crippen molar-refractivity contribution in [3.63, 3.8) is 0 Å². The molecule has 0 bridgehead atoms. The van der Waals surface area contributed by atoms with Crippen molar-refractivity contribution in [3.8, 4) is 0 Å². The van der Waals surface area contributed by atoms with Gasteiger partial charge in [0.15, 0.2) is 6.10 Å². The van der Waals surface area contributed by atoms with Crippen molar-refractivity contribution in [1.29, 1.82) is 0 Å². The molecule has 3 rings (SSSR count). The summed E-state index contributed by atoms with van der Waals surface area (Å²) in [5.74, 6) is -2.08. The molecule has 0 saturated carbocycles. The number of hydrogen-bond donors (Lipinski definition) is 0. The Morgan fingerprint density at radius 2 is 1.96 bits per heavy atom. The Morgan fingerprint density at radius 3 is 2.68 bits per heavy atom. The summed E-state index contributed by atoms with van der Waals surface area (Å²) in [6.45, 7) is 3.41. The van der Waals surface area contributed by atoms with Crippen molar-refractivity contribution in [3.05, 3.63) is 64.4 Å². The minimum Gasteiger partial charge on any atom is -0.449 e. The van der Waals surface area contributed by atoms with Crippen molar-refractivity contribution < 1.29 is 18.7 Å². The van der Waals surface area contributed by atoms with E-state index in [0.29, 0.717) is 0 Å². The summed E-state index contributed by atoms with van der Waals surface area (Å²) in [6, 6.07) is 11.5. The second kappa shape index (κ2) is 6.84. The molecule has 1 aliphatic rings. The minimum atomic E-state index is -1.06. The summed E-state index contributed by atoms with van der Waals surface area (Å²) >= 11 is 5.87. The molecule has 0 aliphatic carbocycles. The van der Waals surface area contributed by atoms with Crippen LogP contribution in [0.25, 0.3) is 0 Å². The molecule has 1 aliphatic heterocycles. The van der Waals surface area contributed by atoms with E-state index in [4.69, 9.17) is 16.3 Å². The van der Waals surface area contributed by atoms with Gasteiger partial charge in [0.1, 0.15) is 11.4 Å². The molecule has 0 N–H and O–H groups in total. The van der Waals surface area contributed by atoms with Gasteiger partial charge >= 0.3 is 5.97 Å². The summed E-state index contributed by atoms with van der Waals surface area (Å²) in [7, 11) is 0. The van der Waals surface area contributed by atoms with Crippen LogP contribution in [0.15, 0.2) is 42.5 Å². The monoisotopic (exact) mass is 361 g/mol. The number of amides is 1. The maximum absolute atomic E-state index is 13.8. The average molecular weight is 362 g/mol. The van der Waals surface area contributed by atoms with Crippen molar-refractivity contribution in [2.24, 2.45) is 0 Å². The molecule has 0 unspecified atom stereocenters. The van der Waals surface area contributed by atoms with Crippen molar-refractivity contribution in [2.75, 3.05) is 4.90 Å². The Labute approximate surface area is 150 Å². The van der Waals surface area contributed by atoms with Crippen molar-refractivity contribution in [1.82, 2.24) is 0 Å². The molecule has 2 aromatic carbocycles. The van der Waals surface area contributed by atoms with Gasteiger partial charge in [-0.25, -0.2) is 9.18 Å². The lowest BCUT2D eigenvalue weighted by molar-refractivity contribution is -0.126. The highest BCUT2D eigenvalue weighted by Crippen LogP contribution is 2.32.